The molecular formula is C29H27ClN4O4. The van der Waals surface area contributed by atoms with Crippen molar-refractivity contribution in [3.05, 3.63) is 106 Å². The summed E-state index contributed by atoms with van der Waals surface area (Å²) in [6.45, 7) is 4.64. The van der Waals surface area contributed by atoms with Crippen LogP contribution in [0.2, 0.25) is 5.02 Å². The van der Waals surface area contributed by atoms with E-state index in [4.69, 9.17) is 25.8 Å². The third-order valence-corrected chi connectivity index (χ3v) is 6.45. The number of fused-ring (bicyclic) bond motifs is 1. The monoisotopic (exact) mass is 530 g/mol. The van der Waals surface area contributed by atoms with Crippen molar-refractivity contribution in [2.75, 3.05) is 18.5 Å². The van der Waals surface area contributed by atoms with Crippen molar-refractivity contribution < 1.29 is 19.0 Å². The molecule has 0 radical (unpaired) electrons. The van der Waals surface area contributed by atoms with E-state index >= 15 is 0 Å². The maximum atomic E-state index is 13.4. The molecule has 0 amide bonds. The summed E-state index contributed by atoms with van der Waals surface area (Å²) >= 11 is 6.31. The Hall–Kier alpha value is -4.30. The van der Waals surface area contributed by atoms with Gasteiger partial charge in [0.1, 0.15) is 19.0 Å². The SMILES string of the molecule is CCOC(=O)C1=C(c2ccccc2)Nc2ncnn2[C@@H]1c1ccc(OCc2ccccc2Cl)c(OCC)c1. The largest absolute Gasteiger partial charge is 0.490 e. The second-order valence-corrected chi connectivity index (χ2v) is 8.86. The molecule has 0 aliphatic carbocycles. The molecular weight excluding hydrogens is 504 g/mol. The molecule has 1 N–H and O–H groups in total. The molecule has 1 atom stereocenters. The van der Waals surface area contributed by atoms with Gasteiger partial charge in [-0.3, -0.25) is 0 Å². The highest BCUT2D eigenvalue weighted by atomic mass is 35.5. The Kier molecular flexibility index (Phi) is 7.60. The van der Waals surface area contributed by atoms with Gasteiger partial charge in [0.05, 0.1) is 24.5 Å². The van der Waals surface area contributed by atoms with Crippen LogP contribution in [-0.4, -0.2) is 33.9 Å². The van der Waals surface area contributed by atoms with E-state index in [-0.39, 0.29) is 13.2 Å². The molecule has 1 aromatic heterocycles. The van der Waals surface area contributed by atoms with Crippen molar-refractivity contribution in [3.8, 4) is 11.5 Å². The van der Waals surface area contributed by atoms with E-state index in [1.165, 1.54) is 6.33 Å². The summed E-state index contributed by atoms with van der Waals surface area (Å²) in [5.41, 5.74) is 3.50. The maximum absolute atomic E-state index is 13.4. The summed E-state index contributed by atoms with van der Waals surface area (Å²) in [6.07, 6.45) is 1.45. The zero-order valence-electron chi connectivity index (χ0n) is 21.1. The lowest BCUT2D eigenvalue weighted by Crippen LogP contribution is -2.30. The molecule has 0 saturated heterocycles. The van der Waals surface area contributed by atoms with Gasteiger partial charge in [-0.2, -0.15) is 10.1 Å². The zero-order chi connectivity index (χ0) is 26.5. The molecule has 0 unspecified atom stereocenters. The first-order valence-corrected chi connectivity index (χ1v) is 12.7. The van der Waals surface area contributed by atoms with Crippen LogP contribution in [0, 0.1) is 0 Å². The number of nitrogens with one attached hydrogen (secondary N) is 1. The van der Waals surface area contributed by atoms with Crippen molar-refractivity contribution in [2.24, 2.45) is 0 Å². The third kappa shape index (κ3) is 5.08. The summed E-state index contributed by atoms with van der Waals surface area (Å²) in [5, 5.41) is 8.34. The second kappa shape index (κ2) is 11.4. The number of halogens is 1. The molecule has 0 bridgehead atoms. The minimum Gasteiger partial charge on any atom is -0.490 e. The van der Waals surface area contributed by atoms with E-state index in [9.17, 15) is 4.79 Å². The number of carbonyl (C=O) groups excluding carboxylic acids is 1. The van der Waals surface area contributed by atoms with Gasteiger partial charge in [0, 0.05) is 10.6 Å². The lowest BCUT2D eigenvalue weighted by Gasteiger charge is -2.30. The maximum Gasteiger partial charge on any atom is 0.338 e. The van der Waals surface area contributed by atoms with Gasteiger partial charge in [0.15, 0.2) is 11.5 Å². The number of hydrogen-bond donors (Lipinski definition) is 1. The average molecular weight is 531 g/mol. The standard InChI is InChI=1S/C29H27ClN4O4/c1-3-36-24-16-20(14-15-23(24)38-17-21-12-8-9-13-22(21)30)27-25(28(35)37-4-2)26(19-10-6-5-7-11-19)33-29-31-18-32-34(27)29/h5-16,18,27H,3-4,17H2,1-2H3,(H,31,32,33)/t27-/m1/s1. The number of rotatable bonds is 9. The smallest absolute Gasteiger partial charge is 0.338 e. The first kappa shape index (κ1) is 25.4. The lowest BCUT2D eigenvalue weighted by atomic mass is 9.92. The van der Waals surface area contributed by atoms with Crippen LogP contribution in [0.15, 0.2) is 84.7 Å². The van der Waals surface area contributed by atoms with Crippen molar-refractivity contribution in [1.82, 2.24) is 14.8 Å². The Morgan fingerprint density at radius 3 is 2.53 bits per heavy atom. The molecule has 0 fully saturated rings. The van der Waals surface area contributed by atoms with E-state index < -0.39 is 12.0 Å². The Balaban J connectivity index is 1.59. The van der Waals surface area contributed by atoms with Crippen molar-refractivity contribution >= 4 is 29.2 Å². The van der Waals surface area contributed by atoms with E-state index in [2.05, 4.69) is 15.4 Å². The van der Waals surface area contributed by atoms with Gasteiger partial charge in [-0.1, -0.05) is 66.2 Å². The van der Waals surface area contributed by atoms with Gasteiger partial charge in [-0.15, -0.1) is 0 Å². The van der Waals surface area contributed by atoms with Crippen LogP contribution in [0.4, 0.5) is 5.95 Å². The normalized spacial score (nSPS) is 14.4. The predicted molar refractivity (Wildman–Crippen MR) is 145 cm³/mol. The molecule has 5 rings (SSSR count). The van der Waals surface area contributed by atoms with Gasteiger partial charge in [-0.25, -0.2) is 9.48 Å². The van der Waals surface area contributed by atoms with Crippen LogP contribution in [-0.2, 0) is 16.1 Å². The summed E-state index contributed by atoms with van der Waals surface area (Å²) in [4.78, 5) is 17.8. The van der Waals surface area contributed by atoms with Gasteiger partial charge in [0.25, 0.3) is 0 Å². The van der Waals surface area contributed by atoms with Crippen LogP contribution in [0.3, 0.4) is 0 Å². The van der Waals surface area contributed by atoms with Crippen molar-refractivity contribution in [1.29, 1.82) is 0 Å². The van der Waals surface area contributed by atoms with Crippen LogP contribution < -0.4 is 14.8 Å². The van der Waals surface area contributed by atoms with Crippen LogP contribution in [0.25, 0.3) is 5.70 Å². The fourth-order valence-corrected chi connectivity index (χ4v) is 4.57. The quantitative estimate of drug-likeness (QED) is 0.270. The Morgan fingerprint density at radius 1 is 0.974 bits per heavy atom. The molecule has 0 saturated carbocycles. The summed E-state index contributed by atoms with van der Waals surface area (Å²) in [6, 6.07) is 22.1. The molecule has 9 heteroatoms. The predicted octanol–water partition coefficient (Wildman–Crippen LogP) is 5.90. The van der Waals surface area contributed by atoms with Gasteiger partial charge >= 0.3 is 5.97 Å². The van der Waals surface area contributed by atoms with Crippen LogP contribution in [0.1, 0.15) is 36.6 Å². The van der Waals surface area contributed by atoms with E-state index in [1.807, 2.05) is 79.7 Å². The summed E-state index contributed by atoms with van der Waals surface area (Å²) in [5.74, 6) is 1.18. The Morgan fingerprint density at radius 2 is 1.76 bits per heavy atom. The Bertz CT molecular complexity index is 1470. The number of carbonyl (C=O) groups is 1. The number of ether oxygens (including phenoxy) is 3. The fraction of sp³-hybridized carbons (Fsp3) is 0.207. The molecule has 3 aromatic carbocycles. The molecule has 0 spiro atoms. The Labute approximate surface area is 225 Å². The number of benzene rings is 3. The van der Waals surface area contributed by atoms with Gasteiger partial charge in [0.2, 0.25) is 5.95 Å². The highest BCUT2D eigenvalue weighted by Crippen LogP contribution is 2.41. The zero-order valence-corrected chi connectivity index (χ0v) is 21.8. The highest BCUT2D eigenvalue weighted by molar-refractivity contribution is 6.31. The first-order chi connectivity index (χ1) is 18.6. The molecule has 8 nitrogen and oxygen atoms in total. The lowest BCUT2D eigenvalue weighted by molar-refractivity contribution is -0.138. The van der Waals surface area contributed by atoms with Crippen LogP contribution in [0.5, 0.6) is 11.5 Å². The molecule has 1 aliphatic heterocycles. The van der Waals surface area contributed by atoms with Crippen LogP contribution >= 0.6 is 11.6 Å². The summed E-state index contributed by atoms with van der Waals surface area (Å²) < 4.78 is 19.2. The first-order valence-electron chi connectivity index (χ1n) is 12.4. The fourth-order valence-electron chi connectivity index (χ4n) is 4.38. The second-order valence-electron chi connectivity index (χ2n) is 8.45. The summed E-state index contributed by atoms with van der Waals surface area (Å²) in [7, 11) is 0. The average Bonchev–Trinajstić information content (AvgIpc) is 3.41. The topological polar surface area (TPSA) is 87.5 Å². The van der Waals surface area contributed by atoms with Gasteiger partial charge < -0.3 is 19.5 Å². The van der Waals surface area contributed by atoms with Crippen molar-refractivity contribution in [2.45, 2.75) is 26.5 Å². The number of nitrogens with zero attached hydrogens (tertiary/aromatic N) is 3. The number of hydrogen-bond acceptors (Lipinski definition) is 7. The highest BCUT2D eigenvalue weighted by Gasteiger charge is 2.36. The molecule has 4 aromatic rings. The van der Waals surface area contributed by atoms with Gasteiger partial charge in [-0.05, 0) is 43.2 Å². The third-order valence-electron chi connectivity index (χ3n) is 6.08. The molecule has 38 heavy (non-hydrogen) atoms. The number of esters is 1. The van der Waals surface area contributed by atoms with Crippen molar-refractivity contribution in [3.63, 3.8) is 0 Å². The van der Waals surface area contributed by atoms with E-state index in [0.717, 1.165) is 16.7 Å². The van der Waals surface area contributed by atoms with E-state index in [1.54, 1.807) is 11.6 Å². The molecule has 1 aliphatic rings. The molecule has 194 valence electrons. The number of aromatic nitrogens is 3. The van der Waals surface area contributed by atoms with E-state index in [0.29, 0.717) is 40.3 Å². The number of anilines is 1. The minimum absolute atomic E-state index is 0.236. The minimum atomic E-state index is -0.611. The molecule has 2 heterocycles.